The van der Waals surface area contributed by atoms with Gasteiger partial charge < -0.3 is 9.64 Å². The predicted octanol–water partition coefficient (Wildman–Crippen LogP) is 3.52. The smallest absolute Gasteiger partial charge is 0.323 e. The first-order valence-electron chi connectivity index (χ1n) is 10.5. The molecule has 2 amide bonds. The molecule has 27 heavy (non-hydrogen) atoms. The average Bonchev–Trinajstić information content (AvgIpc) is 3.15. The van der Waals surface area contributed by atoms with Crippen molar-refractivity contribution in [1.82, 2.24) is 14.8 Å². The topological polar surface area (TPSA) is 57.7 Å². The summed E-state index contributed by atoms with van der Waals surface area (Å²) in [6, 6.07) is 0.316. The molecule has 2 aliphatic heterocycles. The highest BCUT2D eigenvalue weighted by Crippen LogP contribution is 2.30. The Hall–Kier alpha value is -1.18. The number of morpholine rings is 1. The van der Waals surface area contributed by atoms with Crippen molar-refractivity contribution in [2.24, 2.45) is 0 Å². The Bertz CT molecular complexity index is 631. The predicted molar refractivity (Wildman–Crippen MR) is 109 cm³/mol. The van der Waals surface area contributed by atoms with E-state index in [9.17, 15) is 4.79 Å². The molecule has 3 heterocycles. The first kappa shape index (κ1) is 19.2. The summed E-state index contributed by atoms with van der Waals surface area (Å²) in [5.74, 6) is 0. The number of aromatic nitrogens is 1. The molecule has 6 nitrogen and oxygen atoms in total. The van der Waals surface area contributed by atoms with Crippen molar-refractivity contribution in [2.45, 2.75) is 77.0 Å². The van der Waals surface area contributed by atoms with Crippen LogP contribution in [-0.4, -0.2) is 65.2 Å². The summed E-state index contributed by atoms with van der Waals surface area (Å²) in [6.45, 7) is 7.96. The molecule has 2 saturated heterocycles. The number of anilines is 1. The van der Waals surface area contributed by atoms with E-state index >= 15 is 0 Å². The number of likely N-dealkylation sites (tertiary alicyclic amines) is 1. The summed E-state index contributed by atoms with van der Waals surface area (Å²) in [6.07, 6.45) is 8.63. The molecule has 1 aromatic heterocycles. The maximum atomic E-state index is 12.9. The number of rotatable bonds is 3. The number of thiazole rings is 1. The van der Waals surface area contributed by atoms with E-state index in [-0.39, 0.29) is 18.2 Å². The van der Waals surface area contributed by atoms with Gasteiger partial charge in [-0.2, -0.15) is 0 Å². The molecule has 1 aromatic rings. The molecule has 0 bridgehead atoms. The van der Waals surface area contributed by atoms with Gasteiger partial charge in [0.15, 0.2) is 5.13 Å². The molecule has 3 unspecified atom stereocenters. The van der Waals surface area contributed by atoms with Gasteiger partial charge in [0.25, 0.3) is 0 Å². The van der Waals surface area contributed by atoms with Crippen LogP contribution in [-0.2, 0) is 17.6 Å². The van der Waals surface area contributed by atoms with Gasteiger partial charge >= 0.3 is 6.03 Å². The zero-order valence-electron chi connectivity index (χ0n) is 16.6. The molecule has 7 heteroatoms. The van der Waals surface area contributed by atoms with E-state index in [2.05, 4.69) is 24.1 Å². The van der Waals surface area contributed by atoms with Crippen molar-refractivity contribution in [2.75, 3.05) is 31.5 Å². The number of carbonyl (C=O) groups excluding carboxylic acids is 1. The summed E-state index contributed by atoms with van der Waals surface area (Å²) in [5.41, 5.74) is 1.21. The minimum absolute atomic E-state index is 0.0239. The van der Waals surface area contributed by atoms with E-state index in [1.54, 1.807) is 11.3 Å². The van der Waals surface area contributed by atoms with Crippen LogP contribution in [0.5, 0.6) is 0 Å². The number of hydrogen-bond donors (Lipinski definition) is 1. The lowest BCUT2D eigenvalue weighted by Gasteiger charge is -2.38. The molecule has 2 fully saturated rings. The SMILES string of the molecule is CC1CN(CC2CCCN2C(=O)Nc2nc3c(s2)CCCCC3)CC(C)O1. The number of aryl methyl sites for hydroxylation is 2. The zero-order valence-corrected chi connectivity index (χ0v) is 17.4. The molecule has 4 rings (SSSR count). The zero-order chi connectivity index (χ0) is 18.8. The van der Waals surface area contributed by atoms with Crippen molar-refractivity contribution in [3.05, 3.63) is 10.6 Å². The van der Waals surface area contributed by atoms with Crippen LogP contribution in [0.2, 0.25) is 0 Å². The van der Waals surface area contributed by atoms with Crippen molar-refractivity contribution in [1.29, 1.82) is 0 Å². The lowest BCUT2D eigenvalue weighted by atomic mass is 10.1. The van der Waals surface area contributed by atoms with Crippen LogP contribution in [0.3, 0.4) is 0 Å². The average molecular weight is 393 g/mol. The van der Waals surface area contributed by atoms with Gasteiger partial charge in [0.2, 0.25) is 0 Å². The molecule has 0 aromatic carbocycles. The third-order valence-corrected chi connectivity index (χ3v) is 6.98. The van der Waals surface area contributed by atoms with E-state index in [1.165, 1.54) is 29.8 Å². The molecular weight excluding hydrogens is 360 g/mol. The number of carbonyl (C=O) groups is 1. The highest BCUT2D eigenvalue weighted by Gasteiger charge is 2.33. The Balaban J connectivity index is 1.36. The standard InChI is InChI=1S/C20H32N4O2S/c1-14-11-23(12-15(2)26-14)13-16-7-6-10-24(16)20(25)22-19-21-17-8-4-3-5-9-18(17)27-19/h14-16H,3-13H2,1-2H3,(H,21,22,25). The van der Waals surface area contributed by atoms with Gasteiger partial charge in [0, 0.05) is 37.1 Å². The van der Waals surface area contributed by atoms with Gasteiger partial charge in [-0.3, -0.25) is 10.2 Å². The lowest BCUT2D eigenvalue weighted by Crippen LogP contribution is -2.51. The summed E-state index contributed by atoms with van der Waals surface area (Å²) < 4.78 is 5.84. The number of urea groups is 1. The molecule has 3 atom stereocenters. The maximum absolute atomic E-state index is 12.9. The van der Waals surface area contributed by atoms with E-state index in [0.717, 1.165) is 57.0 Å². The van der Waals surface area contributed by atoms with Crippen LogP contribution in [0.25, 0.3) is 0 Å². The van der Waals surface area contributed by atoms with Crippen molar-refractivity contribution in [3.8, 4) is 0 Å². The van der Waals surface area contributed by atoms with E-state index in [1.807, 2.05) is 4.90 Å². The van der Waals surface area contributed by atoms with Gasteiger partial charge in [-0.05, 0) is 52.4 Å². The number of amides is 2. The maximum Gasteiger partial charge on any atom is 0.323 e. The fraction of sp³-hybridized carbons (Fsp3) is 0.800. The van der Waals surface area contributed by atoms with Crippen LogP contribution in [0, 0.1) is 0 Å². The number of nitrogens with zero attached hydrogens (tertiary/aromatic N) is 3. The number of ether oxygens (including phenoxy) is 1. The summed E-state index contributed by atoms with van der Waals surface area (Å²) in [7, 11) is 0. The Labute approximate surface area is 166 Å². The van der Waals surface area contributed by atoms with Crippen LogP contribution < -0.4 is 5.32 Å². The Morgan fingerprint density at radius 3 is 2.78 bits per heavy atom. The Kier molecular flexibility index (Phi) is 5.99. The van der Waals surface area contributed by atoms with Gasteiger partial charge in [-0.15, -0.1) is 11.3 Å². The van der Waals surface area contributed by atoms with Crippen LogP contribution >= 0.6 is 11.3 Å². The van der Waals surface area contributed by atoms with Crippen molar-refractivity contribution < 1.29 is 9.53 Å². The van der Waals surface area contributed by atoms with E-state index in [0.29, 0.717) is 6.04 Å². The molecule has 1 N–H and O–H groups in total. The Morgan fingerprint density at radius 2 is 1.96 bits per heavy atom. The Morgan fingerprint density at radius 1 is 1.19 bits per heavy atom. The largest absolute Gasteiger partial charge is 0.373 e. The second kappa shape index (κ2) is 8.45. The monoisotopic (exact) mass is 392 g/mol. The molecular formula is C20H32N4O2S. The second-order valence-corrected chi connectivity index (χ2v) is 9.43. The number of hydrogen-bond acceptors (Lipinski definition) is 5. The quantitative estimate of drug-likeness (QED) is 0.800. The van der Waals surface area contributed by atoms with Crippen molar-refractivity contribution in [3.63, 3.8) is 0 Å². The molecule has 0 radical (unpaired) electrons. The third-order valence-electron chi connectivity index (χ3n) is 5.91. The molecule has 0 spiro atoms. The normalized spacial score (nSPS) is 29.4. The van der Waals surface area contributed by atoms with Gasteiger partial charge in [-0.1, -0.05) is 6.42 Å². The summed E-state index contributed by atoms with van der Waals surface area (Å²) in [4.78, 5) is 23.5. The second-order valence-electron chi connectivity index (χ2n) is 8.35. The minimum Gasteiger partial charge on any atom is -0.373 e. The first-order chi connectivity index (χ1) is 13.1. The molecule has 0 saturated carbocycles. The van der Waals surface area contributed by atoms with E-state index in [4.69, 9.17) is 9.72 Å². The van der Waals surface area contributed by atoms with Gasteiger partial charge in [0.1, 0.15) is 0 Å². The van der Waals surface area contributed by atoms with Gasteiger partial charge in [-0.25, -0.2) is 9.78 Å². The summed E-state index contributed by atoms with van der Waals surface area (Å²) in [5, 5.41) is 3.88. The molecule has 3 aliphatic rings. The molecule has 150 valence electrons. The van der Waals surface area contributed by atoms with Crippen LogP contribution in [0.4, 0.5) is 9.93 Å². The minimum atomic E-state index is 0.0239. The highest BCUT2D eigenvalue weighted by atomic mass is 32.1. The number of fused-ring (bicyclic) bond motifs is 1. The van der Waals surface area contributed by atoms with Crippen LogP contribution in [0.1, 0.15) is 56.5 Å². The van der Waals surface area contributed by atoms with Crippen LogP contribution in [0.15, 0.2) is 0 Å². The van der Waals surface area contributed by atoms with E-state index < -0.39 is 0 Å². The van der Waals surface area contributed by atoms with Crippen molar-refractivity contribution >= 4 is 22.5 Å². The van der Waals surface area contributed by atoms with Gasteiger partial charge in [0.05, 0.1) is 17.9 Å². The summed E-state index contributed by atoms with van der Waals surface area (Å²) >= 11 is 1.68. The number of nitrogens with one attached hydrogen (secondary N) is 1. The highest BCUT2D eigenvalue weighted by molar-refractivity contribution is 7.15. The fourth-order valence-electron chi connectivity index (χ4n) is 4.77. The lowest BCUT2D eigenvalue weighted by molar-refractivity contribution is -0.0712. The molecule has 1 aliphatic carbocycles. The fourth-order valence-corrected chi connectivity index (χ4v) is 5.81. The first-order valence-corrected chi connectivity index (χ1v) is 11.3. The third kappa shape index (κ3) is 4.63.